The molecule has 18 heavy (non-hydrogen) atoms. The van der Waals surface area contributed by atoms with Crippen LogP contribution in [0, 0.1) is 17.6 Å². The van der Waals surface area contributed by atoms with Crippen molar-refractivity contribution >= 4 is 11.8 Å². The average Bonchev–Trinajstić information content (AvgIpc) is 2.28. The highest BCUT2D eigenvalue weighted by atomic mass is 32.2. The lowest BCUT2D eigenvalue weighted by atomic mass is 10.1. The SMILES string of the molecule is CCNC(CSCC(C)C)c1ccc(F)cc1F. The summed E-state index contributed by atoms with van der Waals surface area (Å²) in [4.78, 5) is 0. The van der Waals surface area contributed by atoms with Gasteiger partial charge in [0.2, 0.25) is 0 Å². The van der Waals surface area contributed by atoms with E-state index in [1.807, 2.05) is 6.92 Å². The lowest BCUT2D eigenvalue weighted by molar-refractivity contribution is 0.531. The summed E-state index contributed by atoms with van der Waals surface area (Å²) in [6, 6.07) is 3.75. The Balaban J connectivity index is 2.70. The second kappa shape index (κ2) is 7.74. The lowest BCUT2D eigenvalue weighted by Crippen LogP contribution is -2.24. The molecule has 102 valence electrons. The zero-order valence-electron chi connectivity index (χ0n) is 11.2. The van der Waals surface area contributed by atoms with E-state index in [1.165, 1.54) is 12.1 Å². The Kier molecular flexibility index (Phi) is 6.65. The molecule has 1 atom stereocenters. The Labute approximate surface area is 112 Å². The number of thioether (sulfide) groups is 1. The third-order valence-corrected chi connectivity index (χ3v) is 4.00. The Bertz CT molecular complexity index is 369. The van der Waals surface area contributed by atoms with Gasteiger partial charge in [-0.05, 0) is 24.3 Å². The summed E-state index contributed by atoms with van der Waals surface area (Å²) < 4.78 is 26.6. The van der Waals surface area contributed by atoms with E-state index < -0.39 is 11.6 Å². The standard InChI is InChI=1S/C14H21F2NS/c1-4-17-14(9-18-8-10(2)3)12-6-5-11(15)7-13(12)16/h5-7,10,14,17H,4,8-9H2,1-3H3. The molecule has 1 nitrogen and oxygen atoms in total. The van der Waals surface area contributed by atoms with Crippen molar-refractivity contribution in [1.82, 2.24) is 5.32 Å². The molecule has 0 aliphatic rings. The minimum absolute atomic E-state index is 0.0562. The average molecular weight is 273 g/mol. The van der Waals surface area contributed by atoms with Gasteiger partial charge in [-0.25, -0.2) is 8.78 Å². The van der Waals surface area contributed by atoms with Crippen molar-refractivity contribution < 1.29 is 8.78 Å². The van der Waals surface area contributed by atoms with Gasteiger partial charge in [0.05, 0.1) is 0 Å². The number of benzene rings is 1. The van der Waals surface area contributed by atoms with Crippen LogP contribution in [-0.4, -0.2) is 18.1 Å². The fourth-order valence-corrected chi connectivity index (χ4v) is 2.85. The maximum atomic E-state index is 13.7. The van der Waals surface area contributed by atoms with Gasteiger partial charge in [0.1, 0.15) is 11.6 Å². The Hall–Kier alpha value is -0.610. The van der Waals surface area contributed by atoms with Crippen molar-refractivity contribution in [3.05, 3.63) is 35.4 Å². The first-order valence-corrected chi connectivity index (χ1v) is 7.46. The van der Waals surface area contributed by atoms with Crippen molar-refractivity contribution in [3.8, 4) is 0 Å². The van der Waals surface area contributed by atoms with Crippen LogP contribution in [0.2, 0.25) is 0 Å². The predicted molar refractivity (Wildman–Crippen MR) is 74.9 cm³/mol. The number of hydrogen-bond acceptors (Lipinski definition) is 2. The van der Waals surface area contributed by atoms with Crippen LogP contribution in [0.5, 0.6) is 0 Å². The van der Waals surface area contributed by atoms with Gasteiger partial charge >= 0.3 is 0 Å². The monoisotopic (exact) mass is 273 g/mol. The number of rotatable bonds is 7. The van der Waals surface area contributed by atoms with Crippen molar-refractivity contribution in [2.45, 2.75) is 26.8 Å². The summed E-state index contributed by atoms with van der Waals surface area (Å²) in [6.07, 6.45) is 0. The molecule has 1 rings (SSSR count). The normalized spacial score (nSPS) is 13.0. The van der Waals surface area contributed by atoms with Gasteiger partial charge in [-0.15, -0.1) is 0 Å². The fraction of sp³-hybridized carbons (Fsp3) is 0.571. The lowest BCUT2D eigenvalue weighted by Gasteiger charge is -2.19. The minimum atomic E-state index is -0.527. The first-order chi connectivity index (χ1) is 8.54. The fourth-order valence-electron chi connectivity index (χ4n) is 1.71. The number of hydrogen-bond donors (Lipinski definition) is 1. The zero-order valence-corrected chi connectivity index (χ0v) is 12.0. The van der Waals surface area contributed by atoms with E-state index in [0.29, 0.717) is 11.5 Å². The van der Waals surface area contributed by atoms with Crippen LogP contribution in [0.15, 0.2) is 18.2 Å². The van der Waals surface area contributed by atoms with Gasteiger partial charge in [-0.1, -0.05) is 26.8 Å². The molecule has 0 aromatic heterocycles. The van der Waals surface area contributed by atoms with Crippen LogP contribution >= 0.6 is 11.8 Å². The molecule has 1 N–H and O–H groups in total. The van der Waals surface area contributed by atoms with Gasteiger partial charge < -0.3 is 5.32 Å². The summed E-state index contributed by atoms with van der Waals surface area (Å²) in [7, 11) is 0. The first kappa shape index (κ1) is 15.4. The van der Waals surface area contributed by atoms with E-state index in [1.54, 1.807) is 11.8 Å². The van der Waals surface area contributed by atoms with Crippen LogP contribution in [0.25, 0.3) is 0 Å². The quantitative estimate of drug-likeness (QED) is 0.805. The van der Waals surface area contributed by atoms with Crippen LogP contribution in [0.1, 0.15) is 32.4 Å². The third kappa shape index (κ3) is 4.94. The van der Waals surface area contributed by atoms with Crippen LogP contribution in [-0.2, 0) is 0 Å². The summed E-state index contributed by atoms with van der Waals surface area (Å²) in [6.45, 7) is 7.08. The molecule has 0 saturated carbocycles. The van der Waals surface area contributed by atoms with Gasteiger partial charge in [0.15, 0.2) is 0 Å². The Morgan fingerprint density at radius 3 is 2.50 bits per heavy atom. The number of halogens is 2. The van der Waals surface area contributed by atoms with Crippen molar-refractivity contribution in [1.29, 1.82) is 0 Å². The first-order valence-electron chi connectivity index (χ1n) is 6.30. The molecule has 1 aromatic carbocycles. The van der Waals surface area contributed by atoms with E-state index in [4.69, 9.17) is 0 Å². The summed E-state index contributed by atoms with van der Waals surface area (Å²) >= 11 is 1.79. The van der Waals surface area contributed by atoms with E-state index >= 15 is 0 Å². The maximum Gasteiger partial charge on any atom is 0.130 e. The van der Waals surface area contributed by atoms with Gasteiger partial charge in [0.25, 0.3) is 0 Å². The molecule has 0 amide bonds. The molecule has 0 aliphatic carbocycles. The topological polar surface area (TPSA) is 12.0 Å². The Morgan fingerprint density at radius 1 is 1.22 bits per heavy atom. The Morgan fingerprint density at radius 2 is 1.94 bits per heavy atom. The van der Waals surface area contributed by atoms with Gasteiger partial charge in [-0.3, -0.25) is 0 Å². The summed E-state index contributed by atoms with van der Waals surface area (Å²) in [5.41, 5.74) is 0.550. The zero-order chi connectivity index (χ0) is 13.5. The maximum absolute atomic E-state index is 13.7. The van der Waals surface area contributed by atoms with Crippen LogP contribution in [0.4, 0.5) is 8.78 Å². The van der Waals surface area contributed by atoms with E-state index in [0.717, 1.165) is 24.1 Å². The predicted octanol–water partition coefficient (Wildman–Crippen LogP) is 4.00. The van der Waals surface area contributed by atoms with Crippen LogP contribution in [0.3, 0.4) is 0 Å². The minimum Gasteiger partial charge on any atom is -0.309 e. The smallest absolute Gasteiger partial charge is 0.130 e. The highest BCUT2D eigenvalue weighted by Gasteiger charge is 2.15. The van der Waals surface area contributed by atoms with Gasteiger partial charge in [0, 0.05) is 23.4 Å². The third-order valence-electron chi connectivity index (χ3n) is 2.52. The summed E-state index contributed by atoms with van der Waals surface area (Å²) in [5, 5.41) is 3.25. The molecule has 0 bridgehead atoms. The van der Waals surface area contributed by atoms with Crippen molar-refractivity contribution in [3.63, 3.8) is 0 Å². The van der Waals surface area contributed by atoms with E-state index in [-0.39, 0.29) is 6.04 Å². The molecule has 0 radical (unpaired) electrons. The second-order valence-electron chi connectivity index (χ2n) is 4.71. The largest absolute Gasteiger partial charge is 0.309 e. The summed E-state index contributed by atoms with van der Waals surface area (Å²) in [5.74, 6) is 1.47. The van der Waals surface area contributed by atoms with E-state index in [2.05, 4.69) is 19.2 Å². The molecule has 0 fully saturated rings. The molecule has 1 aromatic rings. The molecule has 1 unspecified atom stereocenters. The molecule has 0 aliphatic heterocycles. The van der Waals surface area contributed by atoms with Crippen molar-refractivity contribution in [2.24, 2.45) is 5.92 Å². The van der Waals surface area contributed by atoms with E-state index in [9.17, 15) is 8.78 Å². The van der Waals surface area contributed by atoms with Crippen LogP contribution < -0.4 is 5.32 Å². The molecular weight excluding hydrogens is 252 g/mol. The molecule has 0 spiro atoms. The molecule has 0 heterocycles. The highest BCUT2D eigenvalue weighted by molar-refractivity contribution is 7.99. The highest BCUT2D eigenvalue weighted by Crippen LogP contribution is 2.23. The van der Waals surface area contributed by atoms with Crippen molar-refractivity contribution in [2.75, 3.05) is 18.1 Å². The molecular formula is C14H21F2NS. The van der Waals surface area contributed by atoms with Gasteiger partial charge in [-0.2, -0.15) is 11.8 Å². The second-order valence-corrected chi connectivity index (χ2v) is 5.78. The molecule has 4 heteroatoms. The number of nitrogens with one attached hydrogen (secondary N) is 1. The molecule has 0 saturated heterocycles.